The lowest BCUT2D eigenvalue weighted by Gasteiger charge is -2.10. The molecule has 21 heavy (non-hydrogen) atoms. The van der Waals surface area contributed by atoms with Crippen LogP contribution in [0.15, 0.2) is 12.1 Å². The van der Waals surface area contributed by atoms with E-state index in [1.165, 1.54) is 0 Å². The number of ketones is 1. The molecular formula is C13H13BrClNO4S. The summed E-state index contributed by atoms with van der Waals surface area (Å²) in [4.78, 5) is 35.1. The SMILES string of the molecule is O=C(CC(Br)C(=O)c1ccc(Cl)s1)OC(=O)[C@@H]1CCCN1. The molecule has 2 rings (SSSR count). The highest BCUT2D eigenvalue weighted by Gasteiger charge is 2.28. The van der Waals surface area contributed by atoms with Crippen LogP contribution in [0.5, 0.6) is 0 Å². The van der Waals surface area contributed by atoms with Gasteiger partial charge in [0.25, 0.3) is 0 Å². The van der Waals surface area contributed by atoms with Crippen molar-refractivity contribution in [3.63, 3.8) is 0 Å². The maximum Gasteiger partial charge on any atom is 0.330 e. The van der Waals surface area contributed by atoms with Crippen molar-refractivity contribution in [2.24, 2.45) is 0 Å². The Kier molecular flexibility index (Phi) is 5.92. The molecule has 0 spiro atoms. The highest BCUT2D eigenvalue weighted by molar-refractivity contribution is 9.10. The number of nitrogens with one attached hydrogen (secondary N) is 1. The second-order valence-corrected chi connectivity index (χ2v) is 7.40. The van der Waals surface area contributed by atoms with Gasteiger partial charge in [0.15, 0.2) is 5.78 Å². The molecule has 1 N–H and O–H groups in total. The second kappa shape index (κ2) is 7.49. The lowest BCUT2D eigenvalue weighted by molar-refractivity contribution is -0.160. The first-order chi connectivity index (χ1) is 9.97. The van der Waals surface area contributed by atoms with Gasteiger partial charge in [-0.25, -0.2) is 4.79 Å². The normalized spacial score (nSPS) is 19.2. The summed E-state index contributed by atoms with van der Waals surface area (Å²) in [6, 6.07) is 2.80. The van der Waals surface area contributed by atoms with E-state index in [9.17, 15) is 14.4 Å². The monoisotopic (exact) mass is 393 g/mol. The third-order valence-corrected chi connectivity index (χ3v) is 4.99. The summed E-state index contributed by atoms with van der Waals surface area (Å²) in [6.45, 7) is 0.743. The Labute approximate surface area is 139 Å². The van der Waals surface area contributed by atoms with Gasteiger partial charge in [-0.3, -0.25) is 9.59 Å². The third kappa shape index (κ3) is 4.60. The summed E-state index contributed by atoms with van der Waals surface area (Å²) in [6.07, 6.45) is 1.34. The quantitative estimate of drug-likeness (QED) is 0.360. The average molecular weight is 395 g/mol. The lowest BCUT2D eigenvalue weighted by Crippen LogP contribution is -2.34. The largest absolute Gasteiger partial charge is 0.392 e. The zero-order chi connectivity index (χ0) is 15.4. The molecule has 0 bridgehead atoms. The van der Waals surface area contributed by atoms with E-state index in [1.54, 1.807) is 12.1 Å². The number of hydrogen-bond acceptors (Lipinski definition) is 6. The van der Waals surface area contributed by atoms with Crippen LogP contribution in [0.4, 0.5) is 0 Å². The van der Waals surface area contributed by atoms with E-state index in [1.807, 2.05) is 0 Å². The first kappa shape index (κ1) is 16.6. The van der Waals surface area contributed by atoms with E-state index in [4.69, 9.17) is 16.3 Å². The Hall–Kier alpha value is -0.760. The Morgan fingerprint density at radius 3 is 2.81 bits per heavy atom. The molecule has 2 atom stereocenters. The predicted octanol–water partition coefficient (Wildman–Crippen LogP) is 2.56. The molecule has 0 amide bonds. The van der Waals surface area contributed by atoms with Crippen LogP contribution in [-0.2, 0) is 14.3 Å². The number of halogens is 2. The molecule has 0 aromatic carbocycles. The number of thiophene rings is 1. The first-order valence-corrected chi connectivity index (χ1v) is 8.50. The number of rotatable bonds is 5. The molecule has 1 aromatic heterocycles. The van der Waals surface area contributed by atoms with Crippen LogP contribution in [-0.4, -0.2) is 35.1 Å². The third-order valence-electron chi connectivity index (χ3n) is 3.01. The standard InChI is InChI=1S/C13H13BrClNO4S/c14-7(12(18)9-3-4-10(15)21-9)6-11(17)20-13(19)8-2-1-5-16-8/h3-4,7-8,16H,1-2,5-6H2/t7?,8-/m0/s1. The molecule has 1 saturated heterocycles. The van der Waals surface area contributed by atoms with Gasteiger partial charge >= 0.3 is 11.9 Å². The van der Waals surface area contributed by atoms with Crippen LogP contribution >= 0.6 is 38.9 Å². The van der Waals surface area contributed by atoms with Crippen molar-refractivity contribution < 1.29 is 19.1 Å². The molecule has 5 nitrogen and oxygen atoms in total. The van der Waals surface area contributed by atoms with Crippen LogP contribution in [0.2, 0.25) is 4.34 Å². The van der Waals surface area contributed by atoms with Gasteiger partial charge in [-0.1, -0.05) is 27.5 Å². The predicted molar refractivity (Wildman–Crippen MR) is 83.1 cm³/mol. The molecule has 1 aromatic rings. The Morgan fingerprint density at radius 1 is 1.48 bits per heavy atom. The maximum atomic E-state index is 12.0. The minimum atomic E-state index is -0.732. The number of alkyl halides is 1. The molecule has 1 aliphatic heterocycles. The van der Waals surface area contributed by atoms with Crippen LogP contribution < -0.4 is 5.32 Å². The van der Waals surface area contributed by atoms with E-state index in [2.05, 4.69) is 21.2 Å². The highest BCUT2D eigenvalue weighted by atomic mass is 79.9. The molecule has 8 heteroatoms. The van der Waals surface area contributed by atoms with E-state index >= 15 is 0 Å². The second-order valence-electron chi connectivity index (χ2n) is 4.58. The summed E-state index contributed by atoms with van der Waals surface area (Å²) < 4.78 is 5.25. The lowest BCUT2D eigenvalue weighted by atomic mass is 10.2. The molecule has 2 heterocycles. The highest BCUT2D eigenvalue weighted by Crippen LogP contribution is 2.25. The molecular weight excluding hydrogens is 382 g/mol. The van der Waals surface area contributed by atoms with Gasteiger partial charge < -0.3 is 10.1 Å². The van der Waals surface area contributed by atoms with Crippen molar-refractivity contribution in [2.75, 3.05) is 6.54 Å². The summed E-state index contributed by atoms with van der Waals surface area (Å²) in [5.74, 6) is -1.55. The zero-order valence-corrected chi connectivity index (χ0v) is 14.1. The van der Waals surface area contributed by atoms with Gasteiger partial charge in [0.2, 0.25) is 0 Å². The molecule has 1 fully saturated rings. The van der Waals surface area contributed by atoms with Crippen LogP contribution in [0, 0.1) is 0 Å². The maximum absolute atomic E-state index is 12.0. The van der Waals surface area contributed by atoms with Crippen LogP contribution in [0.25, 0.3) is 0 Å². The fourth-order valence-electron chi connectivity index (χ4n) is 1.95. The van der Waals surface area contributed by atoms with Gasteiger partial charge in [0.1, 0.15) is 6.04 Å². The number of Topliss-reactive ketones (excluding diaryl/α,β-unsaturated/α-hetero) is 1. The number of carbonyl (C=O) groups is 3. The molecule has 1 unspecified atom stereocenters. The minimum absolute atomic E-state index is 0.202. The van der Waals surface area contributed by atoms with Gasteiger partial charge in [-0.2, -0.15) is 0 Å². The van der Waals surface area contributed by atoms with Gasteiger partial charge in [-0.05, 0) is 31.5 Å². The van der Waals surface area contributed by atoms with Crippen molar-refractivity contribution in [1.82, 2.24) is 5.32 Å². The van der Waals surface area contributed by atoms with E-state index in [0.717, 1.165) is 24.3 Å². The molecule has 0 saturated carbocycles. The molecule has 114 valence electrons. The van der Waals surface area contributed by atoms with Gasteiger partial charge in [0.05, 0.1) is 20.5 Å². The topological polar surface area (TPSA) is 72.5 Å². The number of esters is 2. The van der Waals surface area contributed by atoms with Crippen LogP contribution in [0.3, 0.4) is 0 Å². The molecule has 0 radical (unpaired) electrons. The van der Waals surface area contributed by atoms with E-state index < -0.39 is 22.8 Å². The van der Waals surface area contributed by atoms with Gasteiger partial charge in [0, 0.05) is 0 Å². The Bertz CT molecular complexity index is 556. The van der Waals surface area contributed by atoms with Crippen molar-refractivity contribution in [3.05, 3.63) is 21.3 Å². The minimum Gasteiger partial charge on any atom is -0.392 e. The summed E-state index contributed by atoms with van der Waals surface area (Å²) in [5.41, 5.74) is 0. The summed E-state index contributed by atoms with van der Waals surface area (Å²) in [7, 11) is 0. The number of ether oxygens (including phenoxy) is 1. The Balaban J connectivity index is 1.84. The van der Waals surface area contributed by atoms with Crippen molar-refractivity contribution >= 4 is 56.6 Å². The zero-order valence-electron chi connectivity index (χ0n) is 10.9. The van der Waals surface area contributed by atoms with Crippen molar-refractivity contribution in [3.8, 4) is 0 Å². The summed E-state index contributed by atoms with van der Waals surface area (Å²) >= 11 is 10.1. The molecule has 1 aliphatic rings. The smallest absolute Gasteiger partial charge is 0.330 e. The fourth-order valence-corrected chi connectivity index (χ4v) is 3.65. The number of hydrogen-bond donors (Lipinski definition) is 1. The molecule has 0 aliphatic carbocycles. The van der Waals surface area contributed by atoms with Crippen molar-refractivity contribution in [1.29, 1.82) is 0 Å². The first-order valence-electron chi connectivity index (χ1n) is 6.39. The number of carbonyl (C=O) groups excluding carboxylic acids is 3. The fraction of sp³-hybridized carbons (Fsp3) is 0.462. The van der Waals surface area contributed by atoms with Crippen LogP contribution in [0.1, 0.15) is 28.9 Å². The average Bonchev–Trinajstić information content (AvgIpc) is 3.08. The van der Waals surface area contributed by atoms with Gasteiger partial charge in [-0.15, -0.1) is 11.3 Å². The van der Waals surface area contributed by atoms with Crippen molar-refractivity contribution in [2.45, 2.75) is 30.1 Å². The Morgan fingerprint density at radius 2 is 2.24 bits per heavy atom. The summed E-state index contributed by atoms with van der Waals surface area (Å²) in [5, 5.41) is 2.95. The van der Waals surface area contributed by atoms with E-state index in [-0.39, 0.29) is 12.2 Å². The van der Waals surface area contributed by atoms with E-state index in [0.29, 0.717) is 15.6 Å².